The van der Waals surface area contributed by atoms with Gasteiger partial charge in [-0.25, -0.2) is 10.5 Å². The molecule has 7 nitrogen and oxygen atoms in total. The van der Waals surface area contributed by atoms with E-state index in [1.165, 1.54) is 23.7 Å². The highest BCUT2D eigenvalue weighted by molar-refractivity contribution is 7.07. The number of benzene rings is 2. The van der Waals surface area contributed by atoms with Crippen LogP contribution >= 0.6 is 11.3 Å². The van der Waals surface area contributed by atoms with Crippen LogP contribution in [0.4, 0.5) is 0 Å². The quantitative estimate of drug-likeness (QED) is 0.278. The van der Waals surface area contributed by atoms with Gasteiger partial charge in [-0.3, -0.25) is 14.8 Å². The number of carbonyl (C=O) groups excluding carboxylic acids is 2. The van der Waals surface area contributed by atoms with Gasteiger partial charge < -0.3 is 10.1 Å². The van der Waals surface area contributed by atoms with Crippen molar-refractivity contribution < 1.29 is 19.5 Å². The lowest BCUT2D eigenvalue weighted by molar-refractivity contribution is -0.166. The fraction of sp³-hybridized carbons (Fsp3) is 0.227. The van der Waals surface area contributed by atoms with Crippen LogP contribution in [0.3, 0.4) is 0 Å². The van der Waals surface area contributed by atoms with E-state index in [0.29, 0.717) is 13.0 Å². The molecule has 0 bridgehead atoms. The van der Waals surface area contributed by atoms with Crippen LogP contribution in [0.15, 0.2) is 65.5 Å². The molecule has 0 saturated carbocycles. The van der Waals surface area contributed by atoms with E-state index < -0.39 is 17.4 Å². The van der Waals surface area contributed by atoms with Crippen LogP contribution in [0.2, 0.25) is 0 Å². The summed E-state index contributed by atoms with van der Waals surface area (Å²) in [4.78, 5) is 28.9. The van der Waals surface area contributed by atoms with E-state index in [9.17, 15) is 9.59 Å². The molecule has 156 valence electrons. The highest BCUT2D eigenvalue weighted by atomic mass is 32.1. The Morgan fingerprint density at radius 1 is 1.07 bits per heavy atom. The topological polar surface area (TPSA) is 101 Å². The Morgan fingerprint density at radius 3 is 2.40 bits per heavy atom. The predicted octanol–water partition coefficient (Wildman–Crippen LogP) is 2.95. The molecule has 2 amide bonds. The molecule has 0 radical (unpaired) electrons. The van der Waals surface area contributed by atoms with Crippen molar-refractivity contribution in [3.63, 3.8) is 0 Å². The van der Waals surface area contributed by atoms with Crippen LogP contribution in [0.25, 0.3) is 11.1 Å². The average molecular weight is 426 g/mol. The molecule has 1 heterocycles. The van der Waals surface area contributed by atoms with Gasteiger partial charge in [0.1, 0.15) is 0 Å². The second-order valence-electron chi connectivity index (χ2n) is 6.81. The number of amides is 2. The molecule has 3 aromatic rings. The number of hydrogen-bond acceptors (Lipinski definition) is 6. The van der Waals surface area contributed by atoms with Crippen LogP contribution in [0, 0.1) is 0 Å². The maximum absolute atomic E-state index is 12.6. The Labute approximate surface area is 178 Å². The lowest BCUT2D eigenvalue weighted by Gasteiger charge is -2.26. The molecule has 0 saturated heterocycles. The molecule has 0 aliphatic carbocycles. The zero-order valence-corrected chi connectivity index (χ0v) is 17.3. The van der Waals surface area contributed by atoms with Gasteiger partial charge in [0.25, 0.3) is 11.8 Å². The van der Waals surface area contributed by atoms with Crippen molar-refractivity contribution in [2.75, 3.05) is 6.54 Å². The number of ether oxygens (including phenoxy) is 1. The third-order valence-electron chi connectivity index (χ3n) is 4.71. The Hall–Kier alpha value is -3.07. The third-order valence-corrected chi connectivity index (χ3v) is 5.34. The van der Waals surface area contributed by atoms with E-state index in [1.807, 2.05) is 60.0 Å². The van der Waals surface area contributed by atoms with Crippen molar-refractivity contribution in [2.24, 2.45) is 0 Å². The Kier molecular flexibility index (Phi) is 7.29. The minimum atomic E-state index is -1.88. The summed E-state index contributed by atoms with van der Waals surface area (Å²) >= 11 is 1.47. The molecule has 2 aromatic carbocycles. The highest BCUT2D eigenvalue weighted by Crippen LogP contribution is 2.21. The van der Waals surface area contributed by atoms with Crippen LogP contribution in [-0.4, -0.2) is 34.2 Å². The monoisotopic (exact) mass is 425 g/mol. The zero-order valence-electron chi connectivity index (χ0n) is 16.5. The van der Waals surface area contributed by atoms with Gasteiger partial charge in [-0.1, -0.05) is 54.6 Å². The molecule has 1 aromatic heterocycles. The van der Waals surface area contributed by atoms with Gasteiger partial charge in [0.05, 0.1) is 17.8 Å². The number of rotatable bonds is 9. The summed E-state index contributed by atoms with van der Waals surface area (Å²) < 4.78 is 5.67. The first-order valence-electron chi connectivity index (χ1n) is 9.41. The summed E-state index contributed by atoms with van der Waals surface area (Å²) in [6.45, 7) is 1.65. The molecule has 0 aliphatic rings. The van der Waals surface area contributed by atoms with Crippen molar-refractivity contribution in [3.05, 3.63) is 76.7 Å². The lowest BCUT2D eigenvalue weighted by atomic mass is 10.0. The van der Waals surface area contributed by atoms with E-state index in [1.54, 1.807) is 5.51 Å². The maximum atomic E-state index is 12.6. The number of carbonyl (C=O) groups is 2. The molecular formula is C22H23N3O4S. The average Bonchev–Trinajstić information content (AvgIpc) is 3.31. The number of hydrogen-bond donors (Lipinski definition) is 3. The van der Waals surface area contributed by atoms with Gasteiger partial charge >= 0.3 is 0 Å². The summed E-state index contributed by atoms with van der Waals surface area (Å²) in [6, 6.07) is 17.6. The SMILES string of the molecule is CC(OCc1ccc(-c2ccccc2)cc1)(C(=O)NO)C(=O)NCCc1cscn1. The first-order chi connectivity index (χ1) is 14.5. The fourth-order valence-electron chi connectivity index (χ4n) is 2.83. The van der Waals surface area contributed by atoms with Crippen molar-refractivity contribution in [3.8, 4) is 11.1 Å². The van der Waals surface area contributed by atoms with Crippen LogP contribution in [-0.2, 0) is 27.4 Å². The van der Waals surface area contributed by atoms with Gasteiger partial charge in [-0.15, -0.1) is 11.3 Å². The van der Waals surface area contributed by atoms with Crippen LogP contribution < -0.4 is 10.8 Å². The molecule has 0 aliphatic heterocycles. The first-order valence-corrected chi connectivity index (χ1v) is 10.4. The molecule has 1 unspecified atom stereocenters. The van der Waals surface area contributed by atoms with Crippen molar-refractivity contribution >= 4 is 23.2 Å². The summed E-state index contributed by atoms with van der Waals surface area (Å²) in [5.74, 6) is -1.57. The summed E-state index contributed by atoms with van der Waals surface area (Å²) in [7, 11) is 0. The molecule has 3 rings (SSSR count). The van der Waals surface area contributed by atoms with E-state index in [0.717, 1.165) is 22.4 Å². The number of hydroxylamine groups is 1. The fourth-order valence-corrected chi connectivity index (χ4v) is 3.42. The number of nitrogens with zero attached hydrogens (tertiary/aromatic N) is 1. The van der Waals surface area contributed by atoms with Gasteiger partial charge in [0.2, 0.25) is 5.60 Å². The summed E-state index contributed by atoms with van der Waals surface area (Å²) in [5.41, 5.74) is 5.15. The number of thiazole rings is 1. The largest absolute Gasteiger partial charge is 0.353 e. The first kappa shape index (κ1) is 21.6. The van der Waals surface area contributed by atoms with Crippen molar-refractivity contribution in [2.45, 2.75) is 25.6 Å². The second kappa shape index (κ2) is 10.1. The molecule has 0 fully saturated rings. The zero-order chi connectivity index (χ0) is 21.4. The van der Waals surface area contributed by atoms with Gasteiger partial charge in [0.15, 0.2) is 0 Å². The smallest absolute Gasteiger partial charge is 0.285 e. The lowest BCUT2D eigenvalue weighted by Crippen LogP contribution is -2.56. The van der Waals surface area contributed by atoms with Crippen molar-refractivity contribution in [1.29, 1.82) is 0 Å². The molecular weight excluding hydrogens is 402 g/mol. The molecule has 30 heavy (non-hydrogen) atoms. The van der Waals surface area contributed by atoms with E-state index in [-0.39, 0.29) is 6.61 Å². The van der Waals surface area contributed by atoms with E-state index in [2.05, 4.69) is 10.3 Å². The Balaban J connectivity index is 1.62. The minimum Gasteiger partial charge on any atom is -0.353 e. The van der Waals surface area contributed by atoms with E-state index >= 15 is 0 Å². The third kappa shape index (κ3) is 5.29. The maximum Gasteiger partial charge on any atom is 0.285 e. The second-order valence-corrected chi connectivity index (χ2v) is 7.53. The molecule has 0 spiro atoms. The standard InChI is InChI=1S/C22H23N3O4S/c1-22(21(27)25-28,20(26)23-12-11-19-14-30-15-24-19)29-13-16-7-9-18(10-8-16)17-5-3-2-4-6-17/h2-10,14-15,28H,11-13H2,1H3,(H,23,26)(H,25,27). The van der Waals surface area contributed by atoms with Crippen molar-refractivity contribution in [1.82, 2.24) is 15.8 Å². The molecule has 8 heteroatoms. The summed E-state index contributed by atoms with van der Waals surface area (Å²) in [5, 5.41) is 13.6. The van der Waals surface area contributed by atoms with Crippen LogP contribution in [0.5, 0.6) is 0 Å². The summed E-state index contributed by atoms with van der Waals surface area (Å²) in [6.07, 6.45) is 0.535. The molecule has 3 N–H and O–H groups in total. The minimum absolute atomic E-state index is 0.0263. The molecule has 1 atom stereocenters. The number of aromatic nitrogens is 1. The Morgan fingerprint density at radius 2 is 1.77 bits per heavy atom. The normalized spacial score (nSPS) is 12.7. The van der Waals surface area contributed by atoms with Gasteiger partial charge in [-0.2, -0.15) is 0 Å². The van der Waals surface area contributed by atoms with Gasteiger partial charge in [-0.05, 0) is 23.6 Å². The van der Waals surface area contributed by atoms with Crippen LogP contribution in [0.1, 0.15) is 18.2 Å². The van der Waals surface area contributed by atoms with E-state index in [4.69, 9.17) is 9.94 Å². The Bertz CT molecular complexity index is 962. The highest BCUT2D eigenvalue weighted by Gasteiger charge is 2.42. The predicted molar refractivity (Wildman–Crippen MR) is 114 cm³/mol. The van der Waals surface area contributed by atoms with Gasteiger partial charge in [0, 0.05) is 18.3 Å². The number of nitrogens with one attached hydrogen (secondary N) is 2.